The normalized spacial score (nSPS) is 27.3. The minimum atomic E-state index is -0.455. The van der Waals surface area contributed by atoms with Crippen LogP contribution in [0.2, 0.25) is 0 Å². The van der Waals surface area contributed by atoms with Crippen molar-refractivity contribution in [3.8, 4) is 5.75 Å². The van der Waals surface area contributed by atoms with Gasteiger partial charge in [0.15, 0.2) is 0 Å². The van der Waals surface area contributed by atoms with E-state index in [0.29, 0.717) is 23.5 Å². The Morgan fingerprint density at radius 1 is 0.977 bits per heavy atom. The number of phenols is 1. The van der Waals surface area contributed by atoms with Crippen LogP contribution >= 0.6 is 0 Å². The lowest BCUT2D eigenvalue weighted by atomic mass is 9.87. The molecular formula is C36H56O7. The summed E-state index contributed by atoms with van der Waals surface area (Å²) in [6.45, 7) is 18.1. The van der Waals surface area contributed by atoms with Crippen molar-refractivity contribution in [3.63, 3.8) is 0 Å². The molecule has 0 spiro atoms. The predicted octanol–water partition coefficient (Wildman–Crippen LogP) is 8.12. The van der Waals surface area contributed by atoms with Crippen molar-refractivity contribution in [3.05, 3.63) is 29.8 Å². The van der Waals surface area contributed by atoms with Crippen molar-refractivity contribution in [1.82, 2.24) is 0 Å². The number of benzene rings is 1. The van der Waals surface area contributed by atoms with Gasteiger partial charge in [0.25, 0.3) is 0 Å². The summed E-state index contributed by atoms with van der Waals surface area (Å²) in [4.78, 5) is 35.6. The third kappa shape index (κ3) is 8.33. The molecule has 242 valence electrons. The average molecular weight is 601 g/mol. The number of rotatable bonds is 8. The van der Waals surface area contributed by atoms with E-state index in [1.54, 1.807) is 12.1 Å². The number of fused-ring (bicyclic) bond motifs is 1. The highest BCUT2D eigenvalue weighted by molar-refractivity contribution is 5.78. The smallest absolute Gasteiger partial charge is 0.312 e. The summed E-state index contributed by atoms with van der Waals surface area (Å²) in [7, 11) is 0. The van der Waals surface area contributed by atoms with E-state index in [0.717, 1.165) is 44.9 Å². The molecule has 1 heterocycles. The van der Waals surface area contributed by atoms with Gasteiger partial charge in [-0.15, -0.1) is 0 Å². The average Bonchev–Trinajstić information content (AvgIpc) is 3.73. The molecule has 7 heteroatoms. The Balaban J connectivity index is 0.000000183. The highest BCUT2D eigenvalue weighted by Gasteiger charge is 2.63. The molecule has 4 fully saturated rings. The number of phenolic OH excluding ortho intramolecular Hbond substituents is 1. The van der Waals surface area contributed by atoms with Crippen molar-refractivity contribution in [2.24, 2.45) is 28.6 Å². The molecule has 0 aromatic heterocycles. The summed E-state index contributed by atoms with van der Waals surface area (Å²) < 4.78 is 16.7. The van der Waals surface area contributed by atoms with Crippen LogP contribution in [-0.4, -0.2) is 40.8 Å². The molecular weight excluding hydrogens is 544 g/mol. The van der Waals surface area contributed by atoms with Crippen LogP contribution in [0.25, 0.3) is 0 Å². The lowest BCUT2D eigenvalue weighted by Crippen LogP contribution is -2.39. The molecule has 1 aliphatic heterocycles. The van der Waals surface area contributed by atoms with Gasteiger partial charge in [-0.05, 0) is 116 Å². The van der Waals surface area contributed by atoms with Gasteiger partial charge in [-0.1, -0.05) is 39.8 Å². The molecule has 2 bridgehead atoms. The molecule has 4 aliphatic rings. The lowest BCUT2D eigenvalue weighted by molar-refractivity contribution is -0.170. The molecule has 0 radical (unpaired) electrons. The Morgan fingerprint density at radius 2 is 1.53 bits per heavy atom. The fourth-order valence-corrected chi connectivity index (χ4v) is 6.26. The summed E-state index contributed by atoms with van der Waals surface area (Å²) in [6, 6.07) is 7.43. The predicted molar refractivity (Wildman–Crippen MR) is 167 cm³/mol. The van der Waals surface area contributed by atoms with E-state index in [1.165, 1.54) is 18.4 Å². The van der Waals surface area contributed by atoms with E-state index in [2.05, 4.69) is 20.8 Å². The first-order chi connectivity index (χ1) is 20.1. The van der Waals surface area contributed by atoms with Crippen LogP contribution in [0.1, 0.15) is 132 Å². The van der Waals surface area contributed by atoms with Crippen molar-refractivity contribution in [2.45, 2.75) is 144 Å². The number of ether oxygens (including phenoxy) is 3. The minimum absolute atomic E-state index is 0.0376. The van der Waals surface area contributed by atoms with Crippen molar-refractivity contribution < 1.29 is 33.7 Å². The molecule has 0 amide bonds. The molecule has 3 saturated carbocycles. The van der Waals surface area contributed by atoms with Crippen LogP contribution in [0.4, 0.5) is 0 Å². The van der Waals surface area contributed by atoms with Gasteiger partial charge in [0.2, 0.25) is 0 Å². The van der Waals surface area contributed by atoms with E-state index in [9.17, 15) is 14.4 Å². The van der Waals surface area contributed by atoms with Gasteiger partial charge in [0.05, 0.1) is 16.7 Å². The fourth-order valence-electron chi connectivity index (χ4n) is 6.26. The van der Waals surface area contributed by atoms with E-state index >= 15 is 0 Å². The van der Waals surface area contributed by atoms with Gasteiger partial charge in [-0.25, -0.2) is 0 Å². The molecule has 6 unspecified atom stereocenters. The summed E-state index contributed by atoms with van der Waals surface area (Å²) in [6.07, 6.45) is 8.61. The van der Waals surface area contributed by atoms with E-state index in [1.807, 2.05) is 53.7 Å². The third-order valence-corrected chi connectivity index (χ3v) is 10.6. The largest absolute Gasteiger partial charge is 0.508 e. The summed E-state index contributed by atoms with van der Waals surface area (Å²) in [5, 5.41) is 9.01. The Morgan fingerprint density at radius 3 is 2.07 bits per heavy atom. The number of aromatic hydroxyl groups is 1. The zero-order chi connectivity index (χ0) is 32.2. The van der Waals surface area contributed by atoms with Crippen LogP contribution in [0.3, 0.4) is 0 Å². The molecule has 6 atom stereocenters. The van der Waals surface area contributed by atoms with E-state index in [4.69, 9.17) is 19.3 Å². The quantitative estimate of drug-likeness (QED) is 0.238. The first-order valence-electron chi connectivity index (χ1n) is 16.5. The first kappa shape index (κ1) is 34.9. The second-order valence-corrected chi connectivity index (χ2v) is 14.7. The van der Waals surface area contributed by atoms with Crippen LogP contribution in [0.5, 0.6) is 5.75 Å². The topological polar surface area (TPSA) is 99.1 Å². The Kier molecular flexibility index (Phi) is 11.4. The van der Waals surface area contributed by atoms with Crippen molar-refractivity contribution >= 4 is 17.9 Å². The standard InChI is InChI=1S/C14H20O4.C12H22O2.C10H14O/c1-4-14(2,3)13(16)18-10-7-5-8-9(6-7)12(15)17-11(8)10;1-5-11(2,3)10(13)14-12(4)8-6-7-9-12;1-3-8(2)9-4-6-10(11)7-5-9/h7-11H,4-6H2,1-3H3;5-9H2,1-4H3;4-8,11H,3H2,1-2H3. The van der Waals surface area contributed by atoms with Gasteiger partial charge in [-0.2, -0.15) is 0 Å². The zero-order valence-electron chi connectivity index (χ0n) is 28.0. The molecule has 1 N–H and O–H groups in total. The van der Waals surface area contributed by atoms with Gasteiger partial charge < -0.3 is 19.3 Å². The van der Waals surface area contributed by atoms with Gasteiger partial charge >= 0.3 is 17.9 Å². The molecule has 5 rings (SSSR count). The van der Waals surface area contributed by atoms with Gasteiger partial charge in [0, 0.05) is 11.8 Å². The Hall–Kier alpha value is -2.57. The number of esters is 3. The number of carbonyl (C=O) groups excluding carboxylic acids is 3. The van der Waals surface area contributed by atoms with Crippen LogP contribution in [0, 0.1) is 28.6 Å². The lowest BCUT2D eigenvalue weighted by Gasteiger charge is -2.29. The highest BCUT2D eigenvalue weighted by Crippen LogP contribution is 2.55. The fraction of sp³-hybridized carbons (Fsp3) is 0.750. The van der Waals surface area contributed by atoms with Crippen LogP contribution in [-0.2, 0) is 28.6 Å². The molecule has 1 aromatic carbocycles. The molecule has 1 saturated heterocycles. The molecule has 3 aliphatic carbocycles. The molecule has 7 nitrogen and oxygen atoms in total. The maximum absolute atomic E-state index is 12.1. The van der Waals surface area contributed by atoms with Gasteiger partial charge in [-0.3, -0.25) is 14.4 Å². The third-order valence-electron chi connectivity index (χ3n) is 10.6. The summed E-state index contributed by atoms with van der Waals surface area (Å²) in [5.41, 5.74) is 0.337. The zero-order valence-corrected chi connectivity index (χ0v) is 28.0. The van der Waals surface area contributed by atoms with Crippen molar-refractivity contribution in [2.75, 3.05) is 0 Å². The molecule has 1 aromatic rings. The first-order valence-corrected chi connectivity index (χ1v) is 16.5. The van der Waals surface area contributed by atoms with E-state index < -0.39 is 5.41 Å². The number of carbonyl (C=O) groups is 3. The monoisotopic (exact) mass is 600 g/mol. The maximum Gasteiger partial charge on any atom is 0.312 e. The van der Waals surface area contributed by atoms with Gasteiger partial charge in [0.1, 0.15) is 23.6 Å². The maximum atomic E-state index is 12.1. The summed E-state index contributed by atoms with van der Waals surface area (Å²) in [5.74, 6) is 1.35. The number of hydrogen-bond donors (Lipinski definition) is 1. The number of hydrogen-bond acceptors (Lipinski definition) is 7. The highest BCUT2D eigenvalue weighted by atomic mass is 16.6. The van der Waals surface area contributed by atoms with E-state index in [-0.39, 0.29) is 47.0 Å². The van der Waals surface area contributed by atoms with Crippen LogP contribution < -0.4 is 0 Å². The second-order valence-electron chi connectivity index (χ2n) is 14.7. The Labute approximate surface area is 259 Å². The van der Waals surface area contributed by atoms with Crippen molar-refractivity contribution in [1.29, 1.82) is 0 Å². The SMILES string of the molecule is CCC(C)(C)C(=O)OC1(C)CCCC1.CCC(C)(C)C(=O)OC1C2CC3C(=O)OC1C3C2.CCC(C)c1ccc(O)cc1. The summed E-state index contributed by atoms with van der Waals surface area (Å²) >= 11 is 0. The second kappa shape index (κ2) is 14.0. The minimum Gasteiger partial charge on any atom is -0.508 e. The van der Waals surface area contributed by atoms with Crippen LogP contribution in [0.15, 0.2) is 24.3 Å². The Bertz CT molecular complexity index is 1100. The molecule has 43 heavy (non-hydrogen) atoms.